The Kier molecular flexibility index (Phi) is 2.18. The lowest BCUT2D eigenvalue weighted by molar-refractivity contribution is 1.00. The number of aromatic nitrogens is 1. The first-order valence-electron chi connectivity index (χ1n) is 3.95. The van der Waals surface area contributed by atoms with Crippen molar-refractivity contribution in [2.45, 2.75) is 25.2 Å². The van der Waals surface area contributed by atoms with Crippen LogP contribution >= 0.6 is 24.0 Å². The highest BCUT2D eigenvalue weighted by Crippen LogP contribution is 2.41. The molecule has 0 aliphatic heterocycles. The summed E-state index contributed by atoms with van der Waals surface area (Å²) in [5.74, 6) is 1.75. The summed E-state index contributed by atoms with van der Waals surface area (Å²) in [5, 5.41) is 0. The van der Waals surface area contributed by atoms with E-state index in [1.807, 2.05) is 5.51 Å². The summed E-state index contributed by atoms with van der Waals surface area (Å²) in [7, 11) is 0. The molecule has 0 N–H and O–H groups in total. The van der Waals surface area contributed by atoms with Crippen LogP contribution in [-0.2, 0) is 6.42 Å². The predicted octanol–water partition coefficient (Wildman–Crippen LogP) is 2.49. The topological polar surface area (TPSA) is 12.9 Å². The second-order valence-corrected chi connectivity index (χ2v) is 4.30. The van der Waals surface area contributed by atoms with Gasteiger partial charge >= 0.3 is 0 Å². The van der Waals surface area contributed by atoms with Crippen LogP contribution < -0.4 is 0 Å². The average molecular weight is 185 g/mol. The Labute approximate surface area is 76.3 Å². The summed E-state index contributed by atoms with van der Waals surface area (Å²) >= 11 is 6.00. The van der Waals surface area contributed by atoms with Crippen molar-refractivity contribution in [2.75, 3.05) is 5.75 Å². The van der Waals surface area contributed by atoms with Crippen LogP contribution in [0.5, 0.6) is 0 Å². The van der Waals surface area contributed by atoms with E-state index in [4.69, 9.17) is 0 Å². The van der Waals surface area contributed by atoms with E-state index < -0.39 is 0 Å². The van der Waals surface area contributed by atoms with Crippen molar-refractivity contribution in [3.8, 4) is 0 Å². The Morgan fingerprint density at radius 2 is 2.45 bits per heavy atom. The van der Waals surface area contributed by atoms with Crippen molar-refractivity contribution in [3.05, 3.63) is 16.1 Å². The number of aryl methyl sites for hydroxylation is 1. The zero-order valence-corrected chi connectivity index (χ0v) is 8.00. The molecule has 0 radical (unpaired) electrons. The summed E-state index contributed by atoms with van der Waals surface area (Å²) in [6.45, 7) is 0. The van der Waals surface area contributed by atoms with Crippen LogP contribution in [0, 0.1) is 0 Å². The first-order valence-corrected chi connectivity index (χ1v) is 5.46. The summed E-state index contributed by atoms with van der Waals surface area (Å²) in [6.07, 6.45) is 3.80. The van der Waals surface area contributed by atoms with Crippen LogP contribution in [-0.4, -0.2) is 10.7 Å². The lowest BCUT2D eigenvalue weighted by Gasteiger charge is -1.95. The van der Waals surface area contributed by atoms with Gasteiger partial charge in [-0.15, -0.1) is 11.3 Å². The smallest absolute Gasteiger partial charge is 0.0797 e. The molecule has 1 aliphatic carbocycles. The Morgan fingerprint density at radius 3 is 3.09 bits per heavy atom. The van der Waals surface area contributed by atoms with E-state index >= 15 is 0 Å². The van der Waals surface area contributed by atoms with Crippen molar-refractivity contribution in [3.63, 3.8) is 0 Å². The molecule has 60 valence electrons. The van der Waals surface area contributed by atoms with Crippen LogP contribution in [0.2, 0.25) is 0 Å². The highest BCUT2D eigenvalue weighted by Gasteiger charge is 2.27. The van der Waals surface area contributed by atoms with Gasteiger partial charge in [0.25, 0.3) is 0 Å². The molecule has 1 aromatic heterocycles. The average Bonchev–Trinajstić information content (AvgIpc) is 2.75. The first kappa shape index (κ1) is 7.62. The number of thiazole rings is 1. The zero-order chi connectivity index (χ0) is 7.68. The minimum atomic E-state index is 0.802. The van der Waals surface area contributed by atoms with Crippen molar-refractivity contribution in [1.29, 1.82) is 0 Å². The molecule has 1 aliphatic rings. The van der Waals surface area contributed by atoms with Gasteiger partial charge in [0.1, 0.15) is 0 Å². The Hall–Kier alpha value is -0.0200. The van der Waals surface area contributed by atoms with E-state index in [0.29, 0.717) is 0 Å². The van der Waals surface area contributed by atoms with Gasteiger partial charge in [0.2, 0.25) is 0 Å². The molecule has 0 aromatic carbocycles. The van der Waals surface area contributed by atoms with Gasteiger partial charge in [-0.05, 0) is 25.0 Å². The molecular weight excluding hydrogens is 174 g/mol. The lowest BCUT2D eigenvalue weighted by Crippen LogP contribution is -1.88. The maximum Gasteiger partial charge on any atom is 0.0797 e. The quantitative estimate of drug-likeness (QED) is 0.714. The second-order valence-electron chi connectivity index (χ2n) is 2.91. The van der Waals surface area contributed by atoms with Crippen LogP contribution in [0.3, 0.4) is 0 Å². The van der Waals surface area contributed by atoms with Gasteiger partial charge in [-0.1, -0.05) is 0 Å². The van der Waals surface area contributed by atoms with Gasteiger partial charge in [0, 0.05) is 10.8 Å². The molecule has 1 nitrogen and oxygen atoms in total. The monoisotopic (exact) mass is 185 g/mol. The molecule has 1 heterocycles. The number of rotatable bonds is 3. The highest BCUT2D eigenvalue weighted by molar-refractivity contribution is 7.80. The minimum absolute atomic E-state index is 0.802. The fourth-order valence-electron chi connectivity index (χ4n) is 1.26. The Bertz CT molecular complexity index is 240. The number of hydrogen-bond acceptors (Lipinski definition) is 3. The molecular formula is C8H11NS2. The Morgan fingerprint density at radius 1 is 1.64 bits per heavy atom. The van der Waals surface area contributed by atoms with Crippen molar-refractivity contribution >= 4 is 24.0 Å². The molecule has 3 heteroatoms. The van der Waals surface area contributed by atoms with Crippen LogP contribution in [0.1, 0.15) is 29.3 Å². The summed E-state index contributed by atoms with van der Waals surface area (Å²) in [5.41, 5.74) is 3.33. The van der Waals surface area contributed by atoms with E-state index in [1.54, 1.807) is 11.3 Å². The van der Waals surface area contributed by atoms with E-state index in [0.717, 1.165) is 18.1 Å². The van der Waals surface area contributed by atoms with Crippen LogP contribution in [0.4, 0.5) is 0 Å². The lowest BCUT2D eigenvalue weighted by atomic mass is 10.2. The highest BCUT2D eigenvalue weighted by atomic mass is 32.1. The van der Waals surface area contributed by atoms with Gasteiger partial charge in [-0.3, -0.25) is 0 Å². The van der Waals surface area contributed by atoms with E-state index in [-0.39, 0.29) is 0 Å². The minimum Gasteiger partial charge on any atom is -0.249 e. The van der Waals surface area contributed by atoms with Crippen molar-refractivity contribution in [1.82, 2.24) is 4.98 Å². The Balaban J connectivity index is 2.16. The molecule has 2 rings (SSSR count). The molecule has 0 amide bonds. The number of thiol groups is 1. The fourth-order valence-corrected chi connectivity index (χ4v) is 2.49. The molecule has 1 fully saturated rings. The first-order chi connectivity index (χ1) is 5.42. The van der Waals surface area contributed by atoms with Crippen LogP contribution in [0.25, 0.3) is 0 Å². The molecule has 1 aromatic rings. The van der Waals surface area contributed by atoms with Gasteiger partial charge in [0.05, 0.1) is 11.2 Å². The standard InChI is InChI=1S/C8H11NS2/c10-4-3-7-8(6-1-2-6)9-5-11-7/h5-6,10H,1-4H2. The van der Waals surface area contributed by atoms with Crippen molar-refractivity contribution in [2.24, 2.45) is 0 Å². The van der Waals surface area contributed by atoms with E-state index in [9.17, 15) is 0 Å². The van der Waals surface area contributed by atoms with Crippen molar-refractivity contribution < 1.29 is 0 Å². The second kappa shape index (κ2) is 3.15. The normalized spacial score (nSPS) is 17.2. The fraction of sp³-hybridized carbons (Fsp3) is 0.625. The molecule has 0 bridgehead atoms. The van der Waals surface area contributed by atoms with Gasteiger partial charge < -0.3 is 0 Å². The molecule has 0 unspecified atom stereocenters. The van der Waals surface area contributed by atoms with Crippen LogP contribution in [0.15, 0.2) is 5.51 Å². The van der Waals surface area contributed by atoms with Gasteiger partial charge in [-0.25, -0.2) is 4.98 Å². The SMILES string of the molecule is SCCc1scnc1C1CC1. The zero-order valence-electron chi connectivity index (χ0n) is 6.29. The molecule has 11 heavy (non-hydrogen) atoms. The third-order valence-corrected chi connectivity index (χ3v) is 3.11. The predicted molar refractivity (Wildman–Crippen MR) is 51.6 cm³/mol. The maximum absolute atomic E-state index is 4.38. The van der Waals surface area contributed by atoms with E-state index in [2.05, 4.69) is 17.6 Å². The number of nitrogens with zero attached hydrogens (tertiary/aromatic N) is 1. The molecule has 0 saturated heterocycles. The third kappa shape index (κ3) is 1.59. The largest absolute Gasteiger partial charge is 0.249 e. The molecule has 0 atom stereocenters. The molecule has 0 spiro atoms. The maximum atomic E-state index is 4.38. The molecule has 1 saturated carbocycles. The third-order valence-electron chi connectivity index (χ3n) is 1.98. The van der Waals surface area contributed by atoms with Gasteiger partial charge in [-0.2, -0.15) is 12.6 Å². The summed E-state index contributed by atoms with van der Waals surface area (Å²) in [4.78, 5) is 5.84. The van der Waals surface area contributed by atoms with E-state index in [1.165, 1.54) is 23.4 Å². The summed E-state index contributed by atoms with van der Waals surface area (Å²) in [6, 6.07) is 0. The number of hydrogen-bond donors (Lipinski definition) is 1. The van der Waals surface area contributed by atoms with Gasteiger partial charge in [0.15, 0.2) is 0 Å². The summed E-state index contributed by atoms with van der Waals surface area (Å²) < 4.78 is 0.